The fourth-order valence-corrected chi connectivity index (χ4v) is 3.50. The van der Waals surface area contributed by atoms with Crippen LogP contribution >= 0.6 is 11.8 Å². The van der Waals surface area contributed by atoms with Gasteiger partial charge in [0.15, 0.2) is 0 Å². The predicted molar refractivity (Wildman–Crippen MR) is 63.7 cm³/mol. The Bertz CT molecular complexity index is 149. The summed E-state index contributed by atoms with van der Waals surface area (Å²) in [5.74, 6) is 2.29. The summed E-state index contributed by atoms with van der Waals surface area (Å²) in [6, 6.07) is 0. The number of rotatable bonds is 3. The first-order valence-corrected chi connectivity index (χ1v) is 7.06. The smallest absolute Gasteiger partial charge is 0.0532 e. The fraction of sp³-hybridized carbons (Fsp3) is 1.00. The molecule has 0 bridgehead atoms. The van der Waals surface area contributed by atoms with Gasteiger partial charge in [0.1, 0.15) is 0 Å². The third kappa shape index (κ3) is 3.44. The lowest BCUT2D eigenvalue weighted by Crippen LogP contribution is -2.29. The molecule has 0 amide bonds. The SMILES string of the molecule is C1CNCCC(CNC2CCCS2)C1. The minimum atomic E-state index is 0.770. The van der Waals surface area contributed by atoms with Crippen LogP contribution in [0.25, 0.3) is 0 Å². The molecule has 14 heavy (non-hydrogen) atoms. The summed E-state index contributed by atoms with van der Waals surface area (Å²) in [5, 5.41) is 7.96. The van der Waals surface area contributed by atoms with Crippen molar-refractivity contribution in [2.45, 2.75) is 37.5 Å². The van der Waals surface area contributed by atoms with E-state index in [0.29, 0.717) is 0 Å². The number of hydrogen-bond acceptors (Lipinski definition) is 3. The number of nitrogens with one attached hydrogen (secondary N) is 2. The molecule has 0 spiro atoms. The molecule has 0 saturated carbocycles. The van der Waals surface area contributed by atoms with Crippen LogP contribution in [-0.4, -0.2) is 30.8 Å². The van der Waals surface area contributed by atoms with E-state index in [1.807, 2.05) is 0 Å². The van der Waals surface area contributed by atoms with Crippen molar-refractivity contribution < 1.29 is 0 Å². The van der Waals surface area contributed by atoms with Gasteiger partial charge in [-0.2, -0.15) is 0 Å². The topological polar surface area (TPSA) is 24.1 Å². The van der Waals surface area contributed by atoms with E-state index in [-0.39, 0.29) is 0 Å². The highest BCUT2D eigenvalue weighted by atomic mass is 32.2. The maximum atomic E-state index is 3.71. The van der Waals surface area contributed by atoms with Crippen molar-refractivity contribution in [3.8, 4) is 0 Å². The largest absolute Gasteiger partial charge is 0.317 e. The van der Waals surface area contributed by atoms with E-state index in [4.69, 9.17) is 0 Å². The highest BCUT2D eigenvalue weighted by Gasteiger charge is 2.17. The summed E-state index contributed by atoms with van der Waals surface area (Å²) in [6.07, 6.45) is 6.94. The molecule has 2 fully saturated rings. The Morgan fingerprint density at radius 2 is 2.14 bits per heavy atom. The second kappa shape index (κ2) is 5.99. The second-order valence-electron chi connectivity index (χ2n) is 4.46. The Balaban J connectivity index is 1.62. The number of thioether (sulfide) groups is 1. The van der Waals surface area contributed by atoms with Crippen LogP contribution in [0.1, 0.15) is 32.1 Å². The van der Waals surface area contributed by atoms with Gasteiger partial charge in [0.2, 0.25) is 0 Å². The molecule has 0 radical (unpaired) electrons. The Morgan fingerprint density at radius 1 is 1.14 bits per heavy atom. The van der Waals surface area contributed by atoms with E-state index in [2.05, 4.69) is 22.4 Å². The maximum Gasteiger partial charge on any atom is 0.0532 e. The lowest BCUT2D eigenvalue weighted by molar-refractivity contribution is 0.427. The summed E-state index contributed by atoms with van der Waals surface area (Å²) in [5.41, 5.74) is 0. The molecule has 82 valence electrons. The summed E-state index contributed by atoms with van der Waals surface area (Å²) >= 11 is 2.11. The molecule has 0 aromatic carbocycles. The van der Waals surface area contributed by atoms with Gasteiger partial charge in [-0.05, 0) is 63.4 Å². The molecular formula is C11H22N2S. The molecule has 2 saturated heterocycles. The molecule has 2 aliphatic rings. The molecule has 0 aliphatic carbocycles. The zero-order valence-corrected chi connectivity index (χ0v) is 9.74. The molecule has 2 aliphatic heterocycles. The van der Waals surface area contributed by atoms with Crippen molar-refractivity contribution in [2.75, 3.05) is 25.4 Å². The third-order valence-corrected chi connectivity index (χ3v) is 4.59. The summed E-state index contributed by atoms with van der Waals surface area (Å²) in [4.78, 5) is 0. The lowest BCUT2D eigenvalue weighted by Gasteiger charge is -2.17. The van der Waals surface area contributed by atoms with Gasteiger partial charge < -0.3 is 10.6 Å². The van der Waals surface area contributed by atoms with Crippen LogP contribution in [0, 0.1) is 5.92 Å². The minimum absolute atomic E-state index is 0.770. The average Bonchev–Trinajstić information content (AvgIpc) is 2.58. The number of hydrogen-bond donors (Lipinski definition) is 2. The normalized spacial score (nSPS) is 34.3. The van der Waals surface area contributed by atoms with E-state index in [1.165, 1.54) is 57.5 Å². The molecular weight excluding hydrogens is 192 g/mol. The fourth-order valence-electron chi connectivity index (χ4n) is 2.33. The molecule has 2 rings (SSSR count). The van der Waals surface area contributed by atoms with E-state index < -0.39 is 0 Å². The second-order valence-corrected chi connectivity index (χ2v) is 5.77. The van der Waals surface area contributed by atoms with Crippen molar-refractivity contribution in [3.05, 3.63) is 0 Å². The summed E-state index contributed by atoms with van der Waals surface area (Å²) < 4.78 is 0. The zero-order valence-electron chi connectivity index (χ0n) is 8.93. The van der Waals surface area contributed by atoms with Gasteiger partial charge in [0, 0.05) is 0 Å². The van der Waals surface area contributed by atoms with Gasteiger partial charge >= 0.3 is 0 Å². The lowest BCUT2D eigenvalue weighted by atomic mass is 10.0. The van der Waals surface area contributed by atoms with Gasteiger partial charge in [0.05, 0.1) is 5.37 Å². The van der Waals surface area contributed by atoms with Gasteiger partial charge in [-0.3, -0.25) is 0 Å². The maximum absolute atomic E-state index is 3.71. The Labute approximate surface area is 91.6 Å². The molecule has 0 aromatic rings. The highest BCUT2D eigenvalue weighted by molar-refractivity contribution is 8.00. The van der Waals surface area contributed by atoms with E-state index in [9.17, 15) is 0 Å². The van der Waals surface area contributed by atoms with Crippen molar-refractivity contribution in [2.24, 2.45) is 5.92 Å². The molecule has 3 heteroatoms. The molecule has 2 nitrogen and oxygen atoms in total. The molecule has 2 N–H and O–H groups in total. The Kier molecular flexibility index (Phi) is 4.61. The van der Waals surface area contributed by atoms with Crippen molar-refractivity contribution in [1.29, 1.82) is 0 Å². The van der Waals surface area contributed by atoms with Crippen LogP contribution in [-0.2, 0) is 0 Å². The van der Waals surface area contributed by atoms with Crippen LogP contribution in [0.4, 0.5) is 0 Å². The minimum Gasteiger partial charge on any atom is -0.317 e. The summed E-state index contributed by atoms with van der Waals surface area (Å²) in [7, 11) is 0. The highest BCUT2D eigenvalue weighted by Crippen LogP contribution is 2.24. The molecule has 2 atom stereocenters. The van der Waals surface area contributed by atoms with E-state index in [1.54, 1.807) is 0 Å². The van der Waals surface area contributed by atoms with Gasteiger partial charge in [-0.15, -0.1) is 11.8 Å². The molecule has 2 unspecified atom stereocenters. The van der Waals surface area contributed by atoms with Crippen LogP contribution < -0.4 is 10.6 Å². The van der Waals surface area contributed by atoms with Gasteiger partial charge in [-0.1, -0.05) is 0 Å². The monoisotopic (exact) mass is 214 g/mol. The zero-order chi connectivity index (χ0) is 9.64. The van der Waals surface area contributed by atoms with Gasteiger partial charge in [-0.25, -0.2) is 0 Å². The quantitative estimate of drug-likeness (QED) is 0.749. The molecule has 0 aromatic heterocycles. The van der Waals surface area contributed by atoms with E-state index in [0.717, 1.165) is 11.3 Å². The molecule has 2 heterocycles. The standard InChI is InChI=1S/C11H22N2S/c1-3-10(5-7-12-6-1)9-13-11-4-2-8-14-11/h10-13H,1-9H2. The van der Waals surface area contributed by atoms with Gasteiger partial charge in [0.25, 0.3) is 0 Å². The van der Waals surface area contributed by atoms with Crippen molar-refractivity contribution in [1.82, 2.24) is 10.6 Å². The van der Waals surface area contributed by atoms with Crippen molar-refractivity contribution in [3.63, 3.8) is 0 Å². The third-order valence-electron chi connectivity index (χ3n) is 3.26. The first-order valence-electron chi connectivity index (χ1n) is 6.01. The van der Waals surface area contributed by atoms with Crippen LogP contribution in [0.2, 0.25) is 0 Å². The van der Waals surface area contributed by atoms with Crippen molar-refractivity contribution >= 4 is 11.8 Å². The first kappa shape index (κ1) is 10.8. The van der Waals surface area contributed by atoms with E-state index >= 15 is 0 Å². The van der Waals surface area contributed by atoms with Crippen LogP contribution in [0.15, 0.2) is 0 Å². The first-order chi connectivity index (χ1) is 6.95. The average molecular weight is 214 g/mol. The van der Waals surface area contributed by atoms with Crippen LogP contribution in [0.5, 0.6) is 0 Å². The Hall–Kier alpha value is 0.270. The van der Waals surface area contributed by atoms with Crippen LogP contribution in [0.3, 0.4) is 0 Å². The Morgan fingerprint density at radius 3 is 3.00 bits per heavy atom. The predicted octanol–water partition coefficient (Wildman–Crippen LogP) is 1.82. The summed E-state index contributed by atoms with van der Waals surface area (Å²) in [6.45, 7) is 3.71.